The van der Waals surface area contributed by atoms with Crippen molar-refractivity contribution in [3.63, 3.8) is 0 Å². The van der Waals surface area contributed by atoms with Crippen LogP contribution in [0.4, 0.5) is 0 Å². The molecule has 2 rings (SSSR count). The Balaban J connectivity index is 2.11. The van der Waals surface area contributed by atoms with E-state index in [1.54, 1.807) is 12.3 Å². The Hall–Kier alpha value is -1.93. The molecular formula is C15H13Br2N3O3. The maximum absolute atomic E-state index is 11.9. The van der Waals surface area contributed by atoms with Gasteiger partial charge in [-0.15, -0.1) is 0 Å². The van der Waals surface area contributed by atoms with Crippen LogP contribution in [0.15, 0.2) is 38.4 Å². The van der Waals surface area contributed by atoms with Gasteiger partial charge in [-0.3, -0.25) is 9.78 Å². The predicted octanol–water partition coefficient (Wildman–Crippen LogP) is 3.34. The Morgan fingerprint density at radius 3 is 2.70 bits per heavy atom. The molecule has 0 spiro atoms. The molecule has 6 nitrogen and oxygen atoms in total. The van der Waals surface area contributed by atoms with Gasteiger partial charge in [-0.25, -0.2) is 5.43 Å². The number of hydrogen-bond donors (Lipinski definition) is 3. The van der Waals surface area contributed by atoms with Crippen molar-refractivity contribution in [2.24, 2.45) is 5.10 Å². The summed E-state index contributed by atoms with van der Waals surface area (Å²) in [7, 11) is 0. The summed E-state index contributed by atoms with van der Waals surface area (Å²) in [5.74, 6) is -0.765. The van der Waals surface area contributed by atoms with Gasteiger partial charge in [-0.2, -0.15) is 5.10 Å². The largest absolute Gasteiger partial charge is 0.506 e. The van der Waals surface area contributed by atoms with Gasteiger partial charge in [0.1, 0.15) is 21.7 Å². The molecule has 3 N–H and O–H groups in total. The topological polar surface area (TPSA) is 94.8 Å². The molecule has 0 aliphatic rings. The van der Waals surface area contributed by atoms with E-state index in [4.69, 9.17) is 0 Å². The summed E-state index contributed by atoms with van der Waals surface area (Å²) in [5, 5.41) is 23.3. The third kappa shape index (κ3) is 4.08. The first kappa shape index (κ1) is 17.4. The number of amides is 1. The van der Waals surface area contributed by atoms with E-state index in [1.165, 1.54) is 12.3 Å². The second-order valence-electron chi connectivity index (χ2n) is 4.56. The Morgan fingerprint density at radius 1 is 1.35 bits per heavy atom. The number of pyridine rings is 1. The van der Waals surface area contributed by atoms with E-state index in [9.17, 15) is 15.0 Å². The summed E-state index contributed by atoms with van der Waals surface area (Å²) in [5.41, 5.74) is 3.93. The number of phenolic OH excluding ortho intramolecular Hbond substituents is 2. The van der Waals surface area contributed by atoms with E-state index in [0.717, 1.165) is 12.0 Å². The van der Waals surface area contributed by atoms with Crippen molar-refractivity contribution in [3.8, 4) is 11.5 Å². The second-order valence-corrected chi connectivity index (χ2v) is 6.21. The van der Waals surface area contributed by atoms with Gasteiger partial charge in [0.05, 0.1) is 10.7 Å². The Labute approximate surface area is 149 Å². The fourth-order valence-electron chi connectivity index (χ4n) is 1.70. The highest BCUT2D eigenvalue weighted by atomic mass is 79.9. The Morgan fingerprint density at radius 2 is 2.09 bits per heavy atom. The number of phenols is 2. The molecular weight excluding hydrogens is 430 g/mol. The van der Waals surface area contributed by atoms with Crippen molar-refractivity contribution in [3.05, 3.63) is 50.2 Å². The third-order valence-electron chi connectivity index (χ3n) is 3.03. The van der Waals surface area contributed by atoms with Crippen molar-refractivity contribution >= 4 is 44.0 Å². The highest BCUT2D eigenvalue weighted by Gasteiger charge is 2.13. The molecule has 120 valence electrons. The molecule has 0 bridgehead atoms. The van der Waals surface area contributed by atoms with Crippen LogP contribution >= 0.6 is 31.9 Å². The van der Waals surface area contributed by atoms with Crippen molar-refractivity contribution in [2.75, 3.05) is 0 Å². The van der Waals surface area contributed by atoms with Gasteiger partial charge in [-0.1, -0.05) is 13.0 Å². The molecule has 0 aliphatic heterocycles. The number of halogens is 2. The van der Waals surface area contributed by atoms with Gasteiger partial charge in [0, 0.05) is 11.8 Å². The number of rotatable bonds is 4. The summed E-state index contributed by atoms with van der Waals surface area (Å²) in [6.45, 7) is 2.00. The molecule has 1 aromatic carbocycles. The van der Waals surface area contributed by atoms with E-state index in [0.29, 0.717) is 10.0 Å². The molecule has 0 radical (unpaired) electrons. The van der Waals surface area contributed by atoms with Crippen LogP contribution in [0.1, 0.15) is 28.5 Å². The van der Waals surface area contributed by atoms with E-state index in [-0.39, 0.29) is 21.7 Å². The van der Waals surface area contributed by atoms with E-state index < -0.39 is 5.91 Å². The number of aromatic nitrogens is 1. The van der Waals surface area contributed by atoms with Crippen molar-refractivity contribution in [1.82, 2.24) is 10.4 Å². The number of carbonyl (C=O) groups is 1. The van der Waals surface area contributed by atoms with Crippen LogP contribution in [0, 0.1) is 0 Å². The average molecular weight is 443 g/mol. The van der Waals surface area contributed by atoms with Crippen LogP contribution in [0.5, 0.6) is 11.5 Å². The molecule has 0 fully saturated rings. The summed E-state index contributed by atoms with van der Waals surface area (Å²) < 4.78 is 0.517. The highest BCUT2D eigenvalue weighted by Crippen LogP contribution is 2.40. The quantitative estimate of drug-likeness (QED) is 0.499. The normalized spacial score (nSPS) is 10.9. The van der Waals surface area contributed by atoms with Crippen LogP contribution in [0.2, 0.25) is 0 Å². The molecule has 23 heavy (non-hydrogen) atoms. The van der Waals surface area contributed by atoms with Crippen LogP contribution in [-0.4, -0.2) is 27.3 Å². The van der Waals surface area contributed by atoms with Gasteiger partial charge >= 0.3 is 0 Å². The molecule has 0 atom stereocenters. The average Bonchev–Trinajstić information content (AvgIpc) is 2.57. The zero-order valence-electron chi connectivity index (χ0n) is 12.0. The first-order chi connectivity index (χ1) is 10.9. The number of aromatic hydroxyl groups is 2. The van der Waals surface area contributed by atoms with E-state index in [1.807, 2.05) is 13.0 Å². The van der Waals surface area contributed by atoms with Crippen LogP contribution in [-0.2, 0) is 6.42 Å². The first-order valence-electron chi connectivity index (χ1n) is 6.62. The minimum atomic E-state index is -0.458. The predicted molar refractivity (Wildman–Crippen MR) is 93.8 cm³/mol. The van der Waals surface area contributed by atoms with Crippen molar-refractivity contribution < 1.29 is 15.0 Å². The van der Waals surface area contributed by atoms with Gasteiger partial charge in [0.15, 0.2) is 0 Å². The number of hydrogen-bond acceptors (Lipinski definition) is 5. The fraction of sp³-hybridized carbons (Fsp3) is 0.133. The van der Waals surface area contributed by atoms with Crippen molar-refractivity contribution in [2.45, 2.75) is 13.3 Å². The van der Waals surface area contributed by atoms with Crippen LogP contribution < -0.4 is 5.43 Å². The first-order valence-corrected chi connectivity index (χ1v) is 8.20. The van der Waals surface area contributed by atoms with Crippen LogP contribution in [0.25, 0.3) is 0 Å². The van der Waals surface area contributed by atoms with Gasteiger partial charge in [0.25, 0.3) is 5.91 Å². The zero-order chi connectivity index (χ0) is 17.0. The lowest BCUT2D eigenvalue weighted by Gasteiger charge is -2.06. The zero-order valence-corrected chi connectivity index (χ0v) is 15.2. The molecule has 1 aromatic heterocycles. The highest BCUT2D eigenvalue weighted by molar-refractivity contribution is 9.11. The lowest BCUT2D eigenvalue weighted by atomic mass is 10.2. The number of hydrazone groups is 1. The minimum Gasteiger partial charge on any atom is -0.506 e. The van der Waals surface area contributed by atoms with E-state index in [2.05, 4.69) is 47.4 Å². The number of aryl methyl sites for hydroxylation is 1. The van der Waals surface area contributed by atoms with Gasteiger partial charge in [-0.05, 0) is 56.0 Å². The standard InChI is InChI=1S/C15H13Br2N3O3/c1-2-8-3-4-11(18-6-8)15(23)20-19-7-9-5-10(16)14(22)12(17)13(9)21/h3-7,21-22H,2H2,1H3,(H,20,23)/b19-7+. The second kappa shape index (κ2) is 7.56. The fourth-order valence-corrected chi connectivity index (χ4v) is 2.85. The molecule has 1 heterocycles. The molecule has 1 amide bonds. The maximum atomic E-state index is 11.9. The molecule has 0 saturated carbocycles. The van der Waals surface area contributed by atoms with Gasteiger partial charge in [0.2, 0.25) is 0 Å². The van der Waals surface area contributed by atoms with Gasteiger partial charge < -0.3 is 10.2 Å². The Kier molecular flexibility index (Phi) is 5.73. The summed E-state index contributed by atoms with van der Waals surface area (Å²) in [6.07, 6.45) is 3.75. The molecule has 0 aliphatic carbocycles. The minimum absolute atomic E-state index is 0.121. The lowest BCUT2D eigenvalue weighted by molar-refractivity contribution is 0.0950. The monoisotopic (exact) mass is 441 g/mol. The molecule has 8 heteroatoms. The van der Waals surface area contributed by atoms with Crippen LogP contribution in [0.3, 0.4) is 0 Å². The number of nitrogens with one attached hydrogen (secondary N) is 1. The molecule has 2 aromatic rings. The van der Waals surface area contributed by atoms with Crippen molar-refractivity contribution in [1.29, 1.82) is 0 Å². The molecule has 0 unspecified atom stereocenters. The SMILES string of the molecule is CCc1ccc(C(=O)N/N=C/c2cc(Br)c(O)c(Br)c2O)nc1. The van der Waals surface area contributed by atoms with E-state index >= 15 is 0 Å². The Bertz CT molecular complexity index is 762. The third-order valence-corrected chi connectivity index (χ3v) is 4.39. The summed E-state index contributed by atoms with van der Waals surface area (Å²) in [4.78, 5) is 15.9. The number of benzene rings is 1. The maximum Gasteiger partial charge on any atom is 0.289 e. The summed E-state index contributed by atoms with van der Waals surface area (Å²) in [6, 6.07) is 4.92. The summed E-state index contributed by atoms with van der Waals surface area (Å²) >= 11 is 6.21. The lowest BCUT2D eigenvalue weighted by Crippen LogP contribution is -2.19. The smallest absolute Gasteiger partial charge is 0.289 e. The number of carbonyl (C=O) groups excluding carboxylic acids is 1. The number of nitrogens with zero attached hydrogens (tertiary/aromatic N) is 2. The molecule has 0 saturated heterocycles.